The smallest absolute Gasteiger partial charge is 0.211 e. The molecule has 0 aliphatic heterocycles. The zero-order valence-electron chi connectivity index (χ0n) is 8.64. The monoisotopic (exact) mass is 224 g/mol. The van der Waals surface area contributed by atoms with Crippen LogP contribution >= 0.6 is 0 Å². The molecule has 4 nitrogen and oxygen atoms in total. The lowest BCUT2D eigenvalue weighted by atomic mass is 10.1. The Morgan fingerprint density at radius 2 is 2.00 bits per heavy atom. The maximum absolute atomic E-state index is 11.2. The largest absolute Gasteiger partial charge is 0.213 e. The molecule has 0 amide bonds. The molecular formula is C10H12N2O2S. The average molecular weight is 224 g/mol. The molecule has 0 unspecified atom stereocenters. The van der Waals surface area contributed by atoms with Gasteiger partial charge < -0.3 is 0 Å². The van der Waals surface area contributed by atoms with E-state index in [1.165, 1.54) is 11.4 Å². The summed E-state index contributed by atoms with van der Waals surface area (Å²) in [6, 6.07) is 8.99. The Hall–Kier alpha value is -1.38. The van der Waals surface area contributed by atoms with Crippen molar-refractivity contribution in [1.82, 2.24) is 4.31 Å². The summed E-state index contributed by atoms with van der Waals surface area (Å²) in [5.41, 5.74) is 1.22. The predicted molar refractivity (Wildman–Crippen MR) is 57.5 cm³/mol. The van der Waals surface area contributed by atoms with Crippen LogP contribution in [0.1, 0.15) is 11.1 Å². The number of sulfonamides is 1. The summed E-state index contributed by atoms with van der Waals surface area (Å²) in [6.45, 7) is 0.225. The summed E-state index contributed by atoms with van der Waals surface area (Å²) in [5, 5.41) is 8.82. The van der Waals surface area contributed by atoms with Gasteiger partial charge in [-0.05, 0) is 11.6 Å². The number of rotatable bonds is 3. The molecule has 0 spiro atoms. The van der Waals surface area contributed by atoms with Gasteiger partial charge >= 0.3 is 0 Å². The van der Waals surface area contributed by atoms with Crippen molar-refractivity contribution in [3.63, 3.8) is 0 Å². The van der Waals surface area contributed by atoms with Crippen LogP contribution in [-0.2, 0) is 16.6 Å². The van der Waals surface area contributed by atoms with Crippen molar-refractivity contribution in [2.45, 2.75) is 6.54 Å². The molecule has 0 saturated carbocycles. The first kappa shape index (κ1) is 11.7. The molecule has 0 atom stereocenters. The maximum atomic E-state index is 11.2. The third-order valence-electron chi connectivity index (χ3n) is 2.10. The first-order valence-corrected chi connectivity index (χ1v) is 6.19. The van der Waals surface area contributed by atoms with Crippen LogP contribution in [0.5, 0.6) is 0 Å². The molecule has 0 aliphatic rings. The second kappa shape index (κ2) is 4.43. The Labute approximate surface area is 89.8 Å². The highest BCUT2D eigenvalue weighted by Crippen LogP contribution is 2.11. The van der Waals surface area contributed by atoms with Gasteiger partial charge in [-0.25, -0.2) is 12.7 Å². The minimum Gasteiger partial charge on any atom is -0.213 e. The molecule has 15 heavy (non-hydrogen) atoms. The fourth-order valence-corrected chi connectivity index (χ4v) is 1.50. The van der Waals surface area contributed by atoms with Crippen molar-refractivity contribution in [2.24, 2.45) is 0 Å². The average Bonchev–Trinajstić information content (AvgIpc) is 2.17. The molecule has 0 radical (unpaired) electrons. The zero-order valence-corrected chi connectivity index (χ0v) is 9.45. The van der Waals surface area contributed by atoms with Gasteiger partial charge in [0, 0.05) is 13.6 Å². The van der Waals surface area contributed by atoms with E-state index in [4.69, 9.17) is 5.26 Å². The van der Waals surface area contributed by atoms with Crippen LogP contribution < -0.4 is 0 Å². The summed E-state index contributed by atoms with van der Waals surface area (Å²) >= 11 is 0. The van der Waals surface area contributed by atoms with Gasteiger partial charge in [0.15, 0.2) is 0 Å². The molecule has 0 fully saturated rings. The maximum Gasteiger partial charge on any atom is 0.211 e. The SMILES string of the molecule is CN(Cc1ccccc1C#N)S(C)(=O)=O. The van der Waals surface area contributed by atoms with E-state index in [1.54, 1.807) is 24.3 Å². The van der Waals surface area contributed by atoms with Crippen LogP contribution in [0.4, 0.5) is 0 Å². The number of nitriles is 1. The van der Waals surface area contributed by atoms with Crippen molar-refractivity contribution in [1.29, 1.82) is 5.26 Å². The minimum absolute atomic E-state index is 0.225. The number of benzene rings is 1. The molecule has 0 aliphatic carbocycles. The summed E-state index contributed by atoms with van der Waals surface area (Å²) in [4.78, 5) is 0. The lowest BCUT2D eigenvalue weighted by Crippen LogP contribution is -2.25. The quantitative estimate of drug-likeness (QED) is 0.768. The van der Waals surface area contributed by atoms with E-state index in [-0.39, 0.29) is 6.54 Å². The number of hydrogen-bond acceptors (Lipinski definition) is 3. The first-order valence-electron chi connectivity index (χ1n) is 4.34. The topological polar surface area (TPSA) is 61.2 Å². The molecule has 1 rings (SSSR count). The number of hydrogen-bond donors (Lipinski definition) is 0. The second-order valence-corrected chi connectivity index (χ2v) is 5.38. The highest BCUT2D eigenvalue weighted by Gasteiger charge is 2.12. The van der Waals surface area contributed by atoms with Crippen molar-refractivity contribution in [2.75, 3.05) is 13.3 Å². The van der Waals surface area contributed by atoms with Gasteiger partial charge in [-0.3, -0.25) is 0 Å². The molecule has 0 saturated heterocycles. The Kier molecular flexibility index (Phi) is 3.45. The van der Waals surface area contributed by atoms with Crippen molar-refractivity contribution in [3.05, 3.63) is 35.4 Å². The molecule has 1 aromatic carbocycles. The highest BCUT2D eigenvalue weighted by atomic mass is 32.2. The van der Waals surface area contributed by atoms with Crippen LogP contribution in [0.3, 0.4) is 0 Å². The summed E-state index contributed by atoms with van der Waals surface area (Å²) in [6.07, 6.45) is 1.14. The first-order chi connectivity index (χ1) is 6.95. The van der Waals surface area contributed by atoms with Crippen LogP contribution in [0, 0.1) is 11.3 Å². The molecule has 80 valence electrons. The Morgan fingerprint density at radius 1 is 1.40 bits per heavy atom. The van der Waals surface area contributed by atoms with Gasteiger partial charge in [-0.15, -0.1) is 0 Å². The van der Waals surface area contributed by atoms with Gasteiger partial charge in [0.2, 0.25) is 10.0 Å². The fourth-order valence-electron chi connectivity index (χ4n) is 1.12. The molecule has 0 heterocycles. The summed E-state index contributed by atoms with van der Waals surface area (Å²) in [7, 11) is -1.71. The lowest BCUT2D eigenvalue weighted by Gasteiger charge is -2.14. The highest BCUT2D eigenvalue weighted by molar-refractivity contribution is 7.88. The molecular weight excluding hydrogens is 212 g/mol. The lowest BCUT2D eigenvalue weighted by molar-refractivity contribution is 0.472. The van der Waals surface area contributed by atoms with Gasteiger partial charge in [-0.1, -0.05) is 18.2 Å². The van der Waals surface area contributed by atoms with Gasteiger partial charge in [0.25, 0.3) is 0 Å². The van der Waals surface area contributed by atoms with Crippen molar-refractivity contribution in [3.8, 4) is 6.07 Å². The third-order valence-corrected chi connectivity index (χ3v) is 3.36. The minimum atomic E-state index is -3.20. The van der Waals surface area contributed by atoms with Crippen LogP contribution in [0.25, 0.3) is 0 Å². The second-order valence-electron chi connectivity index (χ2n) is 3.29. The van der Waals surface area contributed by atoms with E-state index >= 15 is 0 Å². The summed E-state index contributed by atoms with van der Waals surface area (Å²) < 4.78 is 23.6. The number of nitrogens with zero attached hydrogens (tertiary/aromatic N) is 2. The van der Waals surface area contributed by atoms with Crippen LogP contribution in [0.2, 0.25) is 0 Å². The van der Waals surface area contributed by atoms with Gasteiger partial charge in [0.05, 0.1) is 17.9 Å². The van der Waals surface area contributed by atoms with Gasteiger partial charge in [-0.2, -0.15) is 5.26 Å². The van der Waals surface area contributed by atoms with E-state index < -0.39 is 10.0 Å². The van der Waals surface area contributed by atoms with Crippen LogP contribution in [-0.4, -0.2) is 26.0 Å². The molecule has 5 heteroatoms. The zero-order chi connectivity index (χ0) is 11.5. The van der Waals surface area contributed by atoms with E-state index in [9.17, 15) is 8.42 Å². The Morgan fingerprint density at radius 3 is 2.53 bits per heavy atom. The summed E-state index contributed by atoms with van der Waals surface area (Å²) in [5.74, 6) is 0. The molecule has 1 aromatic rings. The predicted octanol–water partition coefficient (Wildman–Crippen LogP) is 0.950. The Balaban J connectivity index is 2.96. The Bertz CT molecular complexity index is 488. The molecule has 0 bridgehead atoms. The van der Waals surface area contributed by atoms with Crippen molar-refractivity contribution >= 4 is 10.0 Å². The fraction of sp³-hybridized carbons (Fsp3) is 0.300. The van der Waals surface area contributed by atoms with Crippen molar-refractivity contribution < 1.29 is 8.42 Å². The van der Waals surface area contributed by atoms with Gasteiger partial charge in [0.1, 0.15) is 0 Å². The van der Waals surface area contributed by atoms with E-state index in [2.05, 4.69) is 0 Å². The van der Waals surface area contributed by atoms with E-state index in [0.717, 1.165) is 6.26 Å². The third kappa shape index (κ3) is 3.05. The normalized spacial score (nSPS) is 11.3. The molecule has 0 aromatic heterocycles. The standard InChI is InChI=1S/C10H12N2O2S/c1-12(15(2,13)14)8-10-6-4-3-5-9(10)7-11/h3-6H,8H2,1-2H3. The molecule has 0 N–H and O–H groups in total. The van der Waals surface area contributed by atoms with E-state index in [1.807, 2.05) is 6.07 Å². The van der Waals surface area contributed by atoms with E-state index in [0.29, 0.717) is 11.1 Å². The van der Waals surface area contributed by atoms with Crippen LogP contribution in [0.15, 0.2) is 24.3 Å².